The van der Waals surface area contributed by atoms with Gasteiger partial charge in [-0.25, -0.2) is 4.98 Å². The lowest BCUT2D eigenvalue weighted by molar-refractivity contribution is -0.134. The highest BCUT2D eigenvalue weighted by molar-refractivity contribution is 6.30. The third-order valence-electron chi connectivity index (χ3n) is 3.16. The van der Waals surface area contributed by atoms with E-state index in [2.05, 4.69) is 15.3 Å². The maximum absolute atomic E-state index is 12.2. The fourth-order valence-corrected chi connectivity index (χ4v) is 2.07. The highest BCUT2D eigenvalue weighted by Gasteiger charge is 2.29. The van der Waals surface area contributed by atoms with E-state index in [0.29, 0.717) is 17.3 Å². The Hall–Kier alpha value is -2.01. The van der Waals surface area contributed by atoms with Gasteiger partial charge in [0.15, 0.2) is 5.60 Å². The summed E-state index contributed by atoms with van der Waals surface area (Å²) in [5, 5.41) is 3.52. The number of hydrogen-bond acceptors (Lipinski definition) is 3. The van der Waals surface area contributed by atoms with Crippen molar-refractivity contribution in [1.82, 2.24) is 15.3 Å². The zero-order valence-corrected chi connectivity index (χ0v) is 13.5. The van der Waals surface area contributed by atoms with E-state index < -0.39 is 5.60 Å². The molecule has 0 saturated heterocycles. The van der Waals surface area contributed by atoms with Gasteiger partial charge in [0.25, 0.3) is 5.91 Å². The summed E-state index contributed by atoms with van der Waals surface area (Å²) in [6.07, 6.45) is 5.12. The van der Waals surface area contributed by atoms with Crippen LogP contribution in [0.3, 0.4) is 0 Å². The van der Waals surface area contributed by atoms with Crippen LogP contribution in [0, 0.1) is 0 Å². The molecule has 0 atom stereocenters. The molecule has 1 aromatic carbocycles. The lowest BCUT2D eigenvalue weighted by atomic mass is 10.1. The molecule has 0 saturated carbocycles. The average molecular weight is 322 g/mol. The maximum atomic E-state index is 12.2. The quantitative estimate of drug-likeness (QED) is 0.770. The van der Waals surface area contributed by atoms with Crippen molar-refractivity contribution in [1.29, 1.82) is 0 Å². The molecule has 5 nitrogen and oxygen atoms in total. The van der Waals surface area contributed by atoms with Crippen molar-refractivity contribution < 1.29 is 9.53 Å². The van der Waals surface area contributed by atoms with Gasteiger partial charge < -0.3 is 15.0 Å². The molecular weight excluding hydrogens is 302 g/mol. The van der Waals surface area contributed by atoms with Gasteiger partial charge >= 0.3 is 0 Å². The number of amides is 1. The third-order valence-corrected chi connectivity index (χ3v) is 3.42. The number of H-pyrrole nitrogens is 1. The molecular formula is C16H20ClN3O2. The first-order valence-corrected chi connectivity index (χ1v) is 7.56. The minimum Gasteiger partial charge on any atom is -0.478 e. The highest BCUT2D eigenvalue weighted by Crippen LogP contribution is 2.20. The Balaban J connectivity index is 1.78. The van der Waals surface area contributed by atoms with Crippen molar-refractivity contribution in [2.24, 2.45) is 0 Å². The van der Waals surface area contributed by atoms with Gasteiger partial charge in [-0.2, -0.15) is 0 Å². The molecule has 0 radical (unpaired) electrons. The first kappa shape index (κ1) is 16.4. The van der Waals surface area contributed by atoms with Crippen LogP contribution in [0.4, 0.5) is 0 Å². The van der Waals surface area contributed by atoms with Crippen LogP contribution in [0.1, 0.15) is 26.1 Å². The van der Waals surface area contributed by atoms with Crippen LogP contribution in [0.15, 0.2) is 36.7 Å². The van der Waals surface area contributed by atoms with Gasteiger partial charge in [-0.3, -0.25) is 4.79 Å². The molecule has 1 heterocycles. The third kappa shape index (κ3) is 4.77. The molecule has 2 aromatic rings. The van der Waals surface area contributed by atoms with Crippen molar-refractivity contribution in [3.05, 3.63) is 47.5 Å². The molecule has 1 amide bonds. The lowest BCUT2D eigenvalue weighted by Crippen LogP contribution is -2.46. The van der Waals surface area contributed by atoms with Gasteiger partial charge in [0, 0.05) is 30.4 Å². The second kappa shape index (κ2) is 7.31. The minimum atomic E-state index is -0.946. The predicted octanol–water partition coefficient (Wildman–Crippen LogP) is 2.97. The molecule has 0 bridgehead atoms. The fourth-order valence-electron chi connectivity index (χ4n) is 1.95. The van der Waals surface area contributed by atoms with Crippen LogP contribution >= 0.6 is 11.6 Å². The number of nitrogens with zero attached hydrogens (tertiary/aromatic N) is 1. The minimum absolute atomic E-state index is 0.151. The number of carbonyl (C=O) groups excluding carboxylic acids is 1. The van der Waals surface area contributed by atoms with E-state index >= 15 is 0 Å². The number of benzene rings is 1. The van der Waals surface area contributed by atoms with E-state index in [4.69, 9.17) is 16.3 Å². The van der Waals surface area contributed by atoms with E-state index in [9.17, 15) is 4.79 Å². The molecule has 0 spiro atoms. The van der Waals surface area contributed by atoms with Gasteiger partial charge in [-0.05, 0) is 44.5 Å². The van der Waals surface area contributed by atoms with E-state index in [1.807, 2.05) is 0 Å². The summed E-state index contributed by atoms with van der Waals surface area (Å²) in [6.45, 7) is 4.06. The summed E-state index contributed by atoms with van der Waals surface area (Å²) in [6, 6.07) is 6.95. The summed E-state index contributed by atoms with van der Waals surface area (Å²) in [4.78, 5) is 19.4. The number of ether oxygens (including phenoxy) is 1. The van der Waals surface area contributed by atoms with E-state index in [-0.39, 0.29) is 5.91 Å². The number of hydrogen-bond donors (Lipinski definition) is 2. The Labute approximate surface area is 135 Å². The molecule has 6 heteroatoms. The summed E-state index contributed by atoms with van der Waals surface area (Å²) in [5.74, 6) is 1.38. The molecule has 2 rings (SSSR count). The first-order valence-electron chi connectivity index (χ1n) is 7.18. The van der Waals surface area contributed by atoms with Crippen LogP contribution in [0.5, 0.6) is 5.75 Å². The summed E-state index contributed by atoms with van der Waals surface area (Å²) < 4.78 is 5.73. The van der Waals surface area contributed by atoms with Gasteiger partial charge in [-0.15, -0.1) is 0 Å². The van der Waals surface area contributed by atoms with Crippen molar-refractivity contribution in [2.75, 3.05) is 6.54 Å². The van der Waals surface area contributed by atoms with Crippen LogP contribution < -0.4 is 10.1 Å². The Morgan fingerprint density at radius 3 is 2.73 bits per heavy atom. The predicted molar refractivity (Wildman–Crippen MR) is 86.1 cm³/mol. The number of aromatic nitrogens is 2. The van der Waals surface area contributed by atoms with Crippen LogP contribution in [0.2, 0.25) is 5.02 Å². The summed E-state index contributed by atoms with van der Waals surface area (Å²) >= 11 is 5.83. The largest absolute Gasteiger partial charge is 0.478 e. The second-order valence-corrected chi connectivity index (χ2v) is 5.90. The Kier molecular flexibility index (Phi) is 5.44. The molecule has 0 fully saturated rings. The Morgan fingerprint density at radius 2 is 2.09 bits per heavy atom. The topological polar surface area (TPSA) is 67.0 Å². The van der Waals surface area contributed by atoms with Crippen LogP contribution in [0.25, 0.3) is 0 Å². The van der Waals surface area contributed by atoms with Gasteiger partial charge in [-0.1, -0.05) is 11.6 Å². The Bertz CT molecular complexity index is 594. The van der Waals surface area contributed by atoms with Crippen LogP contribution in [-0.2, 0) is 11.2 Å². The molecule has 2 N–H and O–H groups in total. The number of halogens is 1. The Morgan fingerprint density at radius 1 is 1.36 bits per heavy atom. The van der Waals surface area contributed by atoms with Crippen molar-refractivity contribution in [2.45, 2.75) is 32.3 Å². The molecule has 22 heavy (non-hydrogen) atoms. The maximum Gasteiger partial charge on any atom is 0.263 e. The monoisotopic (exact) mass is 321 g/mol. The highest BCUT2D eigenvalue weighted by atomic mass is 35.5. The second-order valence-electron chi connectivity index (χ2n) is 5.46. The van der Waals surface area contributed by atoms with Crippen molar-refractivity contribution >= 4 is 17.5 Å². The standard InChI is InChI=1S/C16H20ClN3O2/c1-16(2,22-13-7-5-12(17)6-8-13)15(21)20-9-3-4-14-18-10-11-19-14/h5-8,10-11H,3-4,9H2,1-2H3,(H,18,19)(H,20,21). The van der Waals surface area contributed by atoms with Crippen LogP contribution in [-0.4, -0.2) is 28.0 Å². The number of aryl methyl sites for hydroxylation is 1. The van der Waals surface area contributed by atoms with E-state index in [1.54, 1.807) is 50.5 Å². The molecule has 118 valence electrons. The van der Waals surface area contributed by atoms with E-state index in [0.717, 1.165) is 18.7 Å². The molecule has 0 aliphatic rings. The molecule has 0 aliphatic carbocycles. The summed E-state index contributed by atoms with van der Waals surface area (Å²) in [5.41, 5.74) is -0.946. The average Bonchev–Trinajstić information content (AvgIpc) is 2.99. The molecule has 1 aromatic heterocycles. The van der Waals surface area contributed by atoms with Crippen molar-refractivity contribution in [3.8, 4) is 5.75 Å². The smallest absolute Gasteiger partial charge is 0.263 e. The van der Waals surface area contributed by atoms with Gasteiger partial charge in [0.05, 0.1) is 0 Å². The molecule has 0 aliphatic heterocycles. The fraction of sp³-hybridized carbons (Fsp3) is 0.375. The number of aromatic amines is 1. The molecule has 0 unspecified atom stereocenters. The van der Waals surface area contributed by atoms with Crippen molar-refractivity contribution in [3.63, 3.8) is 0 Å². The number of nitrogens with one attached hydrogen (secondary N) is 2. The number of imidazole rings is 1. The zero-order chi connectivity index (χ0) is 16.0. The van der Waals surface area contributed by atoms with E-state index in [1.165, 1.54) is 0 Å². The van der Waals surface area contributed by atoms with Gasteiger partial charge in [0.1, 0.15) is 11.6 Å². The summed E-state index contributed by atoms with van der Waals surface area (Å²) in [7, 11) is 0. The number of carbonyl (C=O) groups is 1. The first-order chi connectivity index (χ1) is 10.5. The van der Waals surface area contributed by atoms with Gasteiger partial charge in [0.2, 0.25) is 0 Å². The number of rotatable bonds is 7. The lowest BCUT2D eigenvalue weighted by Gasteiger charge is -2.25. The SMILES string of the molecule is CC(C)(Oc1ccc(Cl)cc1)C(=O)NCCCc1ncc[nH]1. The normalized spacial score (nSPS) is 11.2. The zero-order valence-electron chi connectivity index (χ0n) is 12.7.